The molecular weight excluding hydrogens is 592 g/mol. The maximum Gasteiger partial charge on any atom is 0.437 e. The highest BCUT2D eigenvalue weighted by atomic mass is 19.4. The summed E-state index contributed by atoms with van der Waals surface area (Å²) in [4.78, 5) is 34.7. The number of amides is 3. The molecule has 9 nitrogen and oxygen atoms in total. The van der Waals surface area contributed by atoms with Gasteiger partial charge in [-0.3, -0.25) is 4.79 Å². The molecule has 13 heteroatoms. The molecule has 2 aromatic rings. The minimum Gasteiger partial charge on any atom is -0.417 e. The van der Waals surface area contributed by atoms with E-state index in [1.54, 1.807) is 40.2 Å². The van der Waals surface area contributed by atoms with E-state index in [1.165, 1.54) is 12.1 Å². The largest absolute Gasteiger partial charge is 0.437 e. The molecule has 0 radical (unpaired) electrons. The number of aromatic nitrogens is 1. The second-order valence-corrected chi connectivity index (χ2v) is 11.2. The summed E-state index contributed by atoms with van der Waals surface area (Å²) in [5, 5.41) is 5.16. The number of urea groups is 1. The van der Waals surface area contributed by atoms with Crippen LogP contribution < -0.4 is 15.5 Å². The van der Waals surface area contributed by atoms with E-state index in [0.717, 1.165) is 32.1 Å². The van der Waals surface area contributed by atoms with Crippen LogP contribution in [0.25, 0.3) is 0 Å². The second-order valence-electron chi connectivity index (χ2n) is 11.2. The number of para-hydroxylation sites is 1. The number of nitrogens with one attached hydrogen (secondary N) is 2. The normalized spacial score (nSPS) is 17.3. The van der Waals surface area contributed by atoms with Crippen molar-refractivity contribution in [2.75, 3.05) is 49.5 Å². The van der Waals surface area contributed by atoms with Gasteiger partial charge in [0.2, 0.25) is 5.76 Å². The fraction of sp³-hybridized carbons (Fsp3) is 0.469. The van der Waals surface area contributed by atoms with Gasteiger partial charge in [0.05, 0.1) is 5.69 Å². The molecule has 2 N–H and O–H groups in total. The number of hydrogen-bond donors (Lipinski definition) is 2. The number of piperazine rings is 1. The smallest absolute Gasteiger partial charge is 0.417 e. The van der Waals surface area contributed by atoms with Gasteiger partial charge in [0.1, 0.15) is 5.82 Å². The molecule has 1 unspecified atom stereocenters. The SMILES string of the molecule is C=C(C=CC(=CC(C)CC)NC(=O)c1oc(N2CCCCCC2)nc1C(F)(F)F)N1CCN(C(=O)Nc2ccccc2F)CC1. The first-order valence-electron chi connectivity index (χ1n) is 15.2. The van der Waals surface area contributed by atoms with Crippen molar-refractivity contribution in [3.63, 3.8) is 0 Å². The van der Waals surface area contributed by atoms with Gasteiger partial charge in [0.25, 0.3) is 11.9 Å². The van der Waals surface area contributed by atoms with Crippen LogP contribution in [0.5, 0.6) is 0 Å². The fourth-order valence-corrected chi connectivity index (χ4v) is 5.05. The quantitative estimate of drug-likeness (QED) is 0.234. The van der Waals surface area contributed by atoms with Crippen molar-refractivity contribution in [3.05, 3.63) is 77.7 Å². The molecular formula is C32H40F4N6O3. The topological polar surface area (TPSA) is 94.0 Å². The number of benzene rings is 1. The zero-order valence-corrected chi connectivity index (χ0v) is 25.6. The van der Waals surface area contributed by atoms with E-state index in [2.05, 4.69) is 22.2 Å². The summed E-state index contributed by atoms with van der Waals surface area (Å²) in [6.07, 6.45) is 4.41. The summed E-state index contributed by atoms with van der Waals surface area (Å²) in [5.74, 6) is -2.43. The van der Waals surface area contributed by atoms with E-state index < -0.39 is 35.4 Å². The molecule has 0 saturated carbocycles. The Bertz CT molecular complexity index is 1400. The number of anilines is 2. The molecule has 3 heterocycles. The van der Waals surface area contributed by atoms with Crippen molar-refractivity contribution in [3.8, 4) is 0 Å². The Morgan fingerprint density at radius 3 is 2.29 bits per heavy atom. The number of carbonyl (C=O) groups is 2. The molecule has 4 rings (SSSR count). The Morgan fingerprint density at radius 2 is 1.67 bits per heavy atom. The van der Waals surface area contributed by atoms with Crippen LogP contribution in [0.1, 0.15) is 62.2 Å². The number of carbonyl (C=O) groups excluding carboxylic acids is 2. The first kappa shape index (κ1) is 33.6. The van der Waals surface area contributed by atoms with Gasteiger partial charge < -0.3 is 29.8 Å². The first-order valence-corrected chi connectivity index (χ1v) is 15.2. The summed E-state index contributed by atoms with van der Waals surface area (Å²) in [6, 6.07) is 5.32. The third-order valence-corrected chi connectivity index (χ3v) is 7.88. The van der Waals surface area contributed by atoms with Crippen LogP contribution in [-0.2, 0) is 6.18 Å². The minimum atomic E-state index is -4.88. The molecule has 2 fully saturated rings. The van der Waals surface area contributed by atoms with Crippen LogP contribution in [0, 0.1) is 11.7 Å². The van der Waals surface area contributed by atoms with Crippen LogP contribution in [0.4, 0.5) is 34.1 Å². The van der Waals surface area contributed by atoms with E-state index in [4.69, 9.17) is 4.42 Å². The van der Waals surface area contributed by atoms with Gasteiger partial charge in [-0.2, -0.15) is 18.2 Å². The Labute approximate surface area is 260 Å². The molecule has 2 aliphatic heterocycles. The van der Waals surface area contributed by atoms with Gasteiger partial charge in [0.15, 0.2) is 5.69 Å². The lowest BCUT2D eigenvalue weighted by atomic mass is 10.1. The van der Waals surface area contributed by atoms with E-state index in [0.29, 0.717) is 50.7 Å². The highest BCUT2D eigenvalue weighted by Crippen LogP contribution is 2.34. The highest BCUT2D eigenvalue weighted by molar-refractivity contribution is 5.94. The summed E-state index contributed by atoms with van der Waals surface area (Å²) in [6.45, 7) is 10.6. The lowest BCUT2D eigenvalue weighted by Crippen LogP contribution is -2.49. The maximum absolute atomic E-state index is 13.9. The Hall–Kier alpha value is -4.29. The Balaban J connectivity index is 1.42. The molecule has 1 aromatic heterocycles. The van der Waals surface area contributed by atoms with E-state index in [-0.39, 0.29) is 17.6 Å². The number of allylic oxidation sites excluding steroid dienone is 3. The van der Waals surface area contributed by atoms with E-state index in [9.17, 15) is 27.2 Å². The van der Waals surface area contributed by atoms with Crippen LogP contribution in [0.2, 0.25) is 0 Å². The van der Waals surface area contributed by atoms with Crippen LogP contribution in [0.15, 0.2) is 64.9 Å². The summed E-state index contributed by atoms with van der Waals surface area (Å²) < 4.78 is 61.2. The number of halogens is 4. The first-order chi connectivity index (χ1) is 21.5. The fourth-order valence-electron chi connectivity index (χ4n) is 5.05. The van der Waals surface area contributed by atoms with Gasteiger partial charge in [-0.1, -0.05) is 57.9 Å². The average Bonchev–Trinajstić information content (AvgIpc) is 3.31. The molecule has 1 atom stereocenters. The summed E-state index contributed by atoms with van der Waals surface area (Å²) in [5.41, 5.74) is -0.370. The average molecular weight is 633 g/mol. The molecule has 0 aliphatic carbocycles. The zero-order valence-electron chi connectivity index (χ0n) is 25.6. The molecule has 0 bridgehead atoms. The molecule has 244 valence electrons. The van der Waals surface area contributed by atoms with Gasteiger partial charge in [-0.15, -0.1) is 0 Å². The van der Waals surface area contributed by atoms with Crippen LogP contribution in [-0.4, -0.2) is 66.0 Å². The predicted molar refractivity (Wildman–Crippen MR) is 164 cm³/mol. The van der Waals surface area contributed by atoms with Crippen molar-refractivity contribution in [2.24, 2.45) is 5.92 Å². The second kappa shape index (κ2) is 15.1. The molecule has 2 saturated heterocycles. The minimum absolute atomic E-state index is 0.0131. The Morgan fingerprint density at radius 1 is 1.02 bits per heavy atom. The highest BCUT2D eigenvalue weighted by Gasteiger charge is 2.42. The lowest BCUT2D eigenvalue weighted by Gasteiger charge is -2.36. The van der Waals surface area contributed by atoms with Gasteiger partial charge in [-0.25, -0.2) is 9.18 Å². The number of oxazole rings is 1. The number of rotatable bonds is 9. The van der Waals surface area contributed by atoms with Crippen molar-refractivity contribution in [2.45, 2.75) is 52.1 Å². The zero-order chi connectivity index (χ0) is 32.6. The van der Waals surface area contributed by atoms with E-state index in [1.807, 2.05) is 18.7 Å². The standard InChI is InChI=1S/C32H40F4N6O3/c1-4-22(2)21-24(37-29(43)27-28(32(34,35)36)39-31(45-27)42-15-9-5-6-10-16-42)14-13-23(3)40-17-19-41(20-18-40)30(44)38-26-12-8-7-11-25(26)33/h7-8,11-14,21-22H,3-6,9-10,15-20H2,1-2H3,(H,37,43)(H,38,44). The summed E-state index contributed by atoms with van der Waals surface area (Å²) in [7, 11) is 0. The molecule has 0 spiro atoms. The van der Waals surface area contributed by atoms with Crippen LogP contribution in [0.3, 0.4) is 0 Å². The van der Waals surface area contributed by atoms with Crippen molar-refractivity contribution in [1.29, 1.82) is 0 Å². The number of hydrogen-bond acceptors (Lipinski definition) is 6. The van der Waals surface area contributed by atoms with Gasteiger partial charge >= 0.3 is 12.2 Å². The molecule has 45 heavy (non-hydrogen) atoms. The molecule has 1 aromatic carbocycles. The van der Waals surface area contributed by atoms with Crippen LogP contribution >= 0.6 is 0 Å². The van der Waals surface area contributed by atoms with Crippen molar-refractivity contribution in [1.82, 2.24) is 20.1 Å². The number of alkyl halides is 3. The van der Waals surface area contributed by atoms with Crippen molar-refractivity contribution >= 4 is 23.6 Å². The molecule has 3 amide bonds. The third-order valence-electron chi connectivity index (χ3n) is 7.88. The Kier molecular flexibility index (Phi) is 11.3. The van der Waals surface area contributed by atoms with Crippen molar-refractivity contribution < 1.29 is 31.6 Å². The maximum atomic E-state index is 13.9. The summed E-state index contributed by atoms with van der Waals surface area (Å²) >= 11 is 0. The van der Waals surface area contributed by atoms with Gasteiger partial charge in [0, 0.05) is 50.7 Å². The lowest BCUT2D eigenvalue weighted by molar-refractivity contribution is -0.141. The monoisotopic (exact) mass is 632 g/mol. The molecule has 2 aliphatic rings. The third kappa shape index (κ3) is 9.11. The van der Waals surface area contributed by atoms with E-state index >= 15 is 0 Å². The number of nitrogens with zero attached hydrogens (tertiary/aromatic N) is 4. The predicted octanol–water partition coefficient (Wildman–Crippen LogP) is 6.79. The van der Waals surface area contributed by atoms with Gasteiger partial charge in [-0.05, 0) is 43.0 Å².